The second-order valence-electron chi connectivity index (χ2n) is 6.51. The van der Waals surface area contributed by atoms with Gasteiger partial charge < -0.3 is 14.6 Å². The highest BCUT2D eigenvalue weighted by Crippen LogP contribution is 2.34. The van der Waals surface area contributed by atoms with Crippen molar-refractivity contribution in [1.82, 2.24) is 4.90 Å². The summed E-state index contributed by atoms with van der Waals surface area (Å²) in [6.07, 6.45) is 2.24. The van der Waals surface area contributed by atoms with Gasteiger partial charge in [0.1, 0.15) is 12.4 Å². The van der Waals surface area contributed by atoms with Gasteiger partial charge >= 0.3 is 5.97 Å². The van der Waals surface area contributed by atoms with Gasteiger partial charge in [0, 0.05) is 25.8 Å². The van der Waals surface area contributed by atoms with Crippen LogP contribution in [0.3, 0.4) is 0 Å². The second-order valence-corrected chi connectivity index (χ2v) is 7.50. The van der Waals surface area contributed by atoms with Gasteiger partial charge in [-0.15, -0.1) is 0 Å². The molecule has 0 saturated carbocycles. The molecule has 0 spiro atoms. The molecule has 2 aromatic rings. The fraction of sp³-hybridized carbons (Fsp3) is 0.227. The minimum atomic E-state index is -0.982. The highest BCUT2D eigenvalue weighted by molar-refractivity contribution is 8.18. The molecular weight excluding hydrogens is 406 g/mol. The monoisotopic (exact) mass is 427 g/mol. The van der Waals surface area contributed by atoms with E-state index in [4.69, 9.17) is 14.6 Å². The van der Waals surface area contributed by atoms with Gasteiger partial charge in [-0.25, -0.2) is 4.79 Å². The summed E-state index contributed by atoms with van der Waals surface area (Å²) in [6, 6.07) is 13.6. The third-order valence-corrected chi connectivity index (χ3v) is 5.31. The quantitative estimate of drug-likeness (QED) is 0.477. The van der Waals surface area contributed by atoms with Crippen molar-refractivity contribution in [2.24, 2.45) is 0 Å². The first-order chi connectivity index (χ1) is 14.5. The number of imide groups is 1. The molecule has 0 atom stereocenters. The molecule has 0 aromatic heterocycles. The number of rotatable bonds is 9. The number of ether oxygens (including phenoxy) is 2. The molecule has 1 fully saturated rings. The summed E-state index contributed by atoms with van der Waals surface area (Å²) in [5.74, 6) is -0.741. The van der Waals surface area contributed by atoms with Crippen LogP contribution in [0.1, 0.15) is 27.9 Å². The number of hydrogen-bond acceptors (Lipinski definition) is 6. The van der Waals surface area contributed by atoms with Crippen molar-refractivity contribution < 1.29 is 29.0 Å². The Bertz CT molecular complexity index is 970. The summed E-state index contributed by atoms with van der Waals surface area (Å²) in [7, 11) is 1.57. The third-order valence-electron chi connectivity index (χ3n) is 4.40. The average Bonchev–Trinajstić information content (AvgIpc) is 3.01. The lowest BCUT2D eigenvalue weighted by Crippen LogP contribution is -2.29. The van der Waals surface area contributed by atoms with Crippen molar-refractivity contribution in [2.45, 2.75) is 13.0 Å². The fourth-order valence-corrected chi connectivity index (χ4v) is 3.69. The van der Waals surface area contributed by atoms with E-state index in [1.54, 1.807) is 31.4 Å². The van der Waals surface area contributed by atoms with Crippen LogP contribution in [-0.4, -0.2) is 47.4 Å². The Morgan fingerprint density at radius 3 is 2.57 bits per heavy atom. The Balaban J connectivity index is 1.71. The molecule has 1 aliphatic rings. The van der Waals surface area contributed by atoms with Gasteiger partial charge in [0.15, 0.2) is 0 Å². The van der Waals surface area contributed by atoms with Gasteiger partial charge in [-0.1, -0.05) is 30.3 Å². The molecule has 1 aliphatic heterocycles. The van der Waals surface area contributed by atoms with Crippen LogP contribution in [-0.2, 0) is 16.1 Å². The van der Waals surface area contributed by atoms with Crippen LogP contribution in [0.15, 0.2) is 53.4 Å². The molecule has 1 heterocycles. The Labute approximate surface area is 178 Å². The summed E-state index contributed by atoms with van der Waals surface area (Å²) < 4.78 is 10.9. The van der Waals surface area contributed by atoms with Crippen LogP contribution < -0.4 is 4.74 Å². The van der Waals surface area contributed by atoms with Crippen LogP contribution in [0, 0.1) is 0 Å². The minimum absolute atomic E-state index is 0.209. The van der Waals surface area contributed by atoms with E-state index in [-0.39, 0.29) is 23.3 Å². The number of methoxy groups -OCH3 is 1. The topological polar surface area (TPSA) is 93.1 Å². The lowest BCUT2D eigenvalue weighted by Gasteiger charge is -2.12. The number of carboxylic acids is 1. The molecule has 2 amide bonds. The van der Waals surface area contributed by atoms with Crippen molar-refractivity contribution in [1.29, 1.82) is 0 Å². The zero-order valence-electron chi connectivity index (χ0n) is 16.4. The van der Waals surface area contributed by atoms with Gasteiger partial charge in [0.05, 0.1) is 10.5 Å². The third kappa shape index (κ3) is 5.28. The standard InChI is InChI=1S/C22H21NO6S/c1-28-12-4-11-23-20(24)19(30-22(23)27)13-17-5-2-3-6-18(17)29-14-15-7-9-16(10-8-15)21(25)26/h2-3,5-10,13H,4,11-12,14H2,1H3,(H,25,26)/b19-13+. The van der Waals surface area contributed by atoms with E-state index in [1.807, 2.05) is 18.2 Å². The number of thioether (sulfide) groups is 1. The molecule has 7 nitrogen and oxygen atoms in total. The molecule has 0 radical (unpaired) electrons. The van der Waals surface area contributed by atoms with Crippen molar-refractivity contribution in [2.75, 3.05) is 20.3 Å². The van der Waals surface area contributed by atoms with Crippen LogP contribution in [0.2, 0.25) is 0 Å². The minimum Gasteiger partial charge on any atom is -0.488 e. The van der Waals surface area contributed by atoms with Gasteiger partial charge in [-0.2, -0.15) is 0 Å². The van der Waals surface area contributed by atoms with Gasteiger partial charge in [-0.05, 0) is 48.0 Å². The molecule has 0 aliphatic carbocycles. The molecule has 3 rings (SSSR count). The van der Waals surface area contributed by atoms with E-state index < -0.39 is 5.97 Å². The predicted octanol–water partition coefficient (Wildman–Crippen LogP) is 4.04. The highest BCUT2D eigenvalue weighted by Gasteiger charge is 2.34. The summed E-state index contributed by atoms with van der Waals surface area (Å²) in [4.78, 5) is 37.3. The SMILES string of the molecule is COCCCN1C(=O)S/C(=C/c2ccccc2OCc2ccc(C(=O)O)cc2)C1=O. The Morgan fingerprint density at radius 1 is 1.13 bits per heavy atom. The normalized spacial score (nSPS) is 15.1. The second kappa shape index (κ2) is 10.1. The van der Waals surface area contributed by atoms with E-state index in [0.717, 1.165) is 17.3 Å². The Morgan fingerprint density at radius 2 is 1.87 bits per heavy atom. The van der Waals surface area contributed by atoms with Crippen LogP contribution in [0.25, 0.3) is 6.08 Å². The van der Waals surface area contributed by atoms with Gasteiger partial charge in [-0.3, -0.25) is 14.5 Å². The first kappa shape index (κ1) is 21.6. The maximum atomic E-state index is 12.6. The maximum absolute atomic E-state index is 12.6. The number of carboxylic acid groups (broad SMARTS) is 1. The van der Waals surface area contributed by atoms with Gasteiger partial charge in [0.25, 0.3) is 11.1 Å². The van der Waals surface area contributed by atoms with E-state index >= 15 is 0 Å². The van der Waals surface area contributed by atoms with Crippen molar-refractivity contribution >= 4 is 35.0 Å². The molecule has 30 heavy (non-hydrogen) atoms. The van der Waals surface area contributed by atoms with Crippen molar-refractivity contribution in [3.8, 4) is 5.75 Å². The number of aromatic carboxylic acids is 1. The lowest BCUT2D eigenvalue weighted by atomic mass is 10.1. The van der Waals surface area contributed by atoms with Crippen molar-refractivity contribution in [3.05, 3.63) is 70.1 Å². The summed E-state index contributed by atoms with van der Waals surface area (Å²) in [5, 5.41) is 8.68. The molecule has 2 aromatic carbocycles. The predicted molar refractivity (Wildman–Crippen MR) is 113 cm³/mol. The molecule has 8 heteroatoms. The summed E-state index contributed by atoms with van der Waals surface area (Å²) in [5.41, 5.74) is 1.70. The molecule has 1 N–H and O–H groups in total. The summed E-state index contributed by atoms with van der Waals surface area (Å²) >= 11 is 0.909. The average molecular weight is 427 g/mol. The van der Waals surface area contributed by atoms with Crippen molar-refractivity contribution in [3.63, 3.8) is 0 Å². The summed E-state index contributed by atoms with van der Waals surface area (Å²) in [6.45, 7) is 1.04. The van der Waals surface area contributed by atoms with E-state index in [0.29, 0.717) is 35.8 Å². The largest absolute Gasteiger partial charge is 0.488 e. The lowest BCUT2D eigenvalue weighted by molar-refractivity contribution is -0.122. The molecular formula is C22H21NO6S. The first-order valence-corrected chi connectivity index (χ1v) is 10.1. The zero-order valence-corrected chi connectivity index (χ0v) is 17.2. The number of para-hydroxylation sites is 1. The number of amides is 2. The molecule has 0 unspecified atom stereocenters. The zero-order chi connectivity index (χ0) is 21.5. The number of carbonyl (C=O) groups is 3. The van der Waals surface area contributed by atoms with E-state index in [2.05, 4.69) is 0 Å². The smallest absolute Gasteiger partial charge is 0.335 e. The number of carbonyl (C=O) groups excluding carboxylic acids is 2. The highest BCUT2D eigenvalue weighted by atomic mass is 32.2. The van der Waals surface area contributed by atoms with Crippen LogP contribution >= 0.6 is 11.8 Å². The van der Waals surface area contributed by atoms with Gasteiger partial charge in [0.2, 0.25) is 0 Å². The first-order valence-electron chi connectivity index (χ1n) is 9.28. The Hall–Kier alpha value is -3.10. The van der Waals surface area contributed by atoms with Crippen LogP contribution in [0.4, 0.5) is 4.79 Å². The molecule has 156 valence electrons. The number of nitrogens with zero attached hydrogens (tertiary/aromatic N) is 1. The molecule has 0 bridgehead atoms. The molecule has 1 saturated heterocycles. The maximum Gasteiger partial charge on any atom is 0.335 e. The number of benzene rings is 2. The van der Waals surface area contributed by atoms with Crippen LogP contribution in [0.5, 0.6) is 5.75 Å². The van der Waals surface area contributed by atoms with E-state index in [1.165, 1.54) is 17.0 Å². The number of hydrogen-bond donors (Lipinski definition) is 1. The fourth-order valence-electron chi connectivity index (χ4n) is 2.84. The Kier molecular flexibility index (Phi) is 7.26. The van der Waals surface area contributed by atoms with E-state index in [9.17, 15) is 14.4 Å².